The van der Waals surface area contributed by atoms with Crippen LogP contribution < -0.4 is 5.73 Å². The van der Waals surface area contributed by atoms with Gasteiger partial charge in [-0.25, -0.2) is 0 Å². The quantitative estimate of drug-likeness (QED) is 0.940. The molecule has 1 heterocycles. The molecule has 3 rings (SSSR count). The topological polar surface area (TPSA) is 59.5 Å². The molecule has 4 nitrogen and oxygen atoms in total. The third-order valence-electron chi connectivity index (χ3n) is 4.94. The van der Waals surface area contributed by atoms with E-state index in [9.17, 15) is 4.79 Å². The maximum Gasteiger partial charge on any atom is 0.225 e. The number of rotatable bonds is 4. The molecular formula is C19H26N2O2. The summed E-state index contributed by atoms with van der Waals surface area (Å²) in [5.41, 5.74) is 8.07. The lowest BCUT2D eigenvalue weighted by atomic mass is 9.85. The van der Waals surface area contributed by atoms with Gasteiger partial charge >= 0.3 is 0 Å². The predicted octanol–water partition coefficient (Wildman–Crippen LogP) is 3.47. The van der Waals surface area contributed by atoms with E-state index in [1.165, 1.54) is 0 Å². The fourth-order valence-corrected chi connectivity index (χ4v) is 3.69. The largest absolute Gasteiger partial charge is 0.461 e. The van der Waals surface area contributed by atoms with Crippen LogP contribution in [-0.2, 0) is 17.8 Å². The minimum absolute atomic E-state index is 0.0759. The van der Waals surface area contributed by atoms with Gasteiger partial charge in [0.25, 0.3) is 0 Å². The second-order valence-electron chi connectivity index (χ2n) is 6.67. The molecule has 1 aliphatic rings. The maximum absolute atomic E-state index is 12.7. The van der Waals surface area contributed by atoms with E-state index in [1.54, 1.807) is 0 Å². The van der Waals surface area contributed by atoms with E-state index < -0.39 is 0 Å². The first kappa shape index (κ1) is 16.1. The summed E-state index contributed by atoms with van der Waals surface area (Å²) in [6, 6.07) is 8.23. The van der Waals surface area contributed by atoms with Gasteiger partial charge in [0.2, 0.25) is 5.91 Å². The van der Waals surface area contributed by atoms with Crippen LogP contribution in [-0.4, -0.2) is 23.9 Å². The molecule has 2 aromatic rings. The summed E-state index contributed by atoms with van der Waals surface area (Å²) in [6.45, 7) is 2.69. The summed E-state index contributed by atoms with van der Waals surface area (Å²) >= 11 is 0. The molecule has 1 aromatic carbocycles. The average Bonchev–Trinajstić information content (AvgIpc) is 2.92. The summed E-state index contributed by atoms with van der Waals surface area (Å²) in [6.07, 6.45) is 4.71. The summed E-state index contributed by atoms with van der Waals surface area (Å²) in [4.78, 5) is 14.6. The van der Waals surface area contributed by atoms with Crippen LogP contribution in [0.25, 0.3) is 11.0 Å². The molecule has 2 N–H and O–H groups in total. The number of fused-ring (bicyclic) bond motifs is 1. The molecule has 0 aliphatic heterocycles. The minimum atomic E-state index is 0.0759. The van der Waals surface area contributed by atoms with E-state index in [-0.39, 0.29) is 17.9 Å². The molecule has 1 aliphatic carbocycles. The molecule has 124 valence electrons. The molecule has 0 spiro atoms. The van der Waals surface area contributed by atoms with Crippen molar-refractivity contribution in [3.8, 4) is 0 Å². The van der Waals surface area contributed by atoms with Crippen LogP contribution in [0.15, 0.2) is 28.7 Å². The van der Waals surface area contributed by atoms with E-state index in [4.69, 9.17) is 10.2 Å². The van der Waals surface area contributed by atoms with Gasteiger partial charge in [0.05, 0.1) is 0 Å². The highest BCUT2D eigenvalue weighted by Crippen LogP contribution is 2.29. The second kappa shape index (κ2) is 6.75. The van der Waals surface area contributed by atoms with Crippen molar-refractivity contribution in [1.82, 2.24) is 4.90 Å². The minimum Gasteiger partial charge on any atom is -0.461 e. The van der Waals surface area contributed by atoms with Crippen molar-refractivity contribution < 1.29 is 9.21 Å². The van der Waals surface area contributed by atoms with Gasteiger partial charge in [-0.3, -0.25) is 4.79 Å². The molecule has 1 fully saturated rings. The highest BCUT2D eigenvalue weighted by molar-refractivity contribution is 5.84. The first-order valence-corrected chi connectivity index (χ1v) is 8.60. The van der Waals surface area contributed by atoms with E-state index in [1.807, 2.05) is 30.1 Å². The molecule has 23 heavy (non-hydrogen) atoms. The van der Waals surface area contributed by atoms with Crippen molar-refractivity contribution in [2.75, 3.05) is 7.05 Å². The zero-order valence-electron chi connectivity index (χ0n) is 14.0. The Morgan fingerprint density at radius 3 is 2.87 bits per heavy atom. The fourth-order valence-electron chi connectivity index (χ4n) is 3.69. The van der Waals surface area contributed by atoms with Crippen LogP contribution in [0.1, 0.15) is 43.9 Å². The van der Waals surface area contributed by atoms with Crippen LogP contribution in [0.2, 0.25) is 0 Å². The van der Waals surface area contributed by atoms with Crippen LogP contribution in [0.5, 0.6) is 0 Å². The molecule has 0 bridgehead atoms. The number of amides is 1. The lowest BCUT2D eigenvalue weighted by molar-refractivity contribution is -0.135. The lowest BCUT2D eigenvalue weighted by Gasteiger charge is -2.29. The van der Waals surface area contributed by atoms with Crippen LogP contribution in [0.3, 0.4) is 0 Å². The normalized spacial score (nSPS) is 21.5. The standard InChI is InChI=1S/C19H26N2O2/c1-3-17-16(15-9-4-5-10-18(15)23-17)12-21(2)19(22)13-7-6-8-14(20)11-13/h4-5,9-10,13-14H,3,6-8,11-12,20H2,1-2H3. The Balaban J connectivity index is 1.79. The molecule has 1 aromatic heterocycles. The van der Waals surface area contributed by atoms with Crippen molar-refractivity contribution in [2.45, 2.75) is 51.6 Å². The summed E-state index contributed by atoms with van der Waals surface area (Å²) in [5.74, 6) is 1.27. The number of hydrogen-bond acceptors (Lipinski definition) is 3. The third-order valence-corrected chi connectivity index (χ3v) is 4.94. The SMILES string of the molecule is CCc1oc2ccccc2c1CN(C)C(=O)C1CCCC(N)C1. The van der Waals surface area contributed by atoms with E-state index >= 15 is 0 Å². The molecule has 1 amide bonds. The Bertz CT molecular complexity index is 692. The average molecular weight is 314 g/mol. The maximum atomic E-state index is 12.7. The highest BCUT2D eigenvalue weighted by Gasteiger charge is 2.28. The van der Waals surface area contributed by atoms with Gasteiger partial charge in [0.15, 0.2) is 0 Å². The van der Waals surface area contributed by atoms with Gasteiger partial charge in [0, 0.05) is 42.9 Å². The number of hydrogen-bond donors (Lipinski definition) is 1. The molecule has 0 saturated heterocycles. The Hall–Kier alpha value is -1.81. The molecule has 1 saturated carbocycles. The smallest absolute Gasteiger partial charge is 0.225 e. The Labute approximate surface area is 137 Å². The van der Waals surface area contributed by atoms with Crippen LogP contribution in [0, 0.1) is 5.92 Å². The highest BCUT2D eigenvalue weighted by atomic mass is 16.3. The van der Waals surface area contributed by atoms with Gasteiger partial charge in [-0.1, -0.05) is 31.5 Å². The molecule has 2 unspecified atom stereocenters. The Morgan fingerprint density at radius 1 is 1.35 bits per heavy atom. The van der Waals surface area contributed by atoms with Crippen molar-refractivity contribution in [1.29, 1.82) is 0 Å². The molecule has 0 radical (unpaired) electrons. The number of furan rings is 1. The summed E-state index contributed by atoms with van der Waals surface area (Å²) in [7, 11) is 1.89. The zero-order chi connectivity index (χ0) is 16.4. The van der Waals surface area contributed by atoms with Crippen molar-refractivity contribution in [2.24, 2.45) is 11.7 Å². The third kappa shape index (κ3) is 3.27. The second-order valence-corrected chi connectivity index (χ2v) is 6.67. The van der Waals surface area contributed by atoms with Gasteiger partial charge in [0.1, 0.15) is 11.3 Å². The number of para-hydroxylation sites is 1. The van der Waals surface area contributed by atoms with Gasteiger partial charge < -0.3 is 15.1 Å². The zero-order valence-corrected chi connectivity index (χ0v) is 14.0. The first-order valence-electron chi connectivity index (χ1n) is 8.60. The number of aryl methyl sites for hydroxylation is 1. The van der Waals surface area contributed by atoms with E-state index in [0.717, 1.165) is 54.4 Å². The number of nitrogens with zero attached hydrogens (tertiary/aromatic N) is 1. The van der Waals surface area contributed by atoms with Crippen molar-refractivity contribution in [3.63, 3.8) is 0 Å². The van der Waals surface area contributed by atoms with Crippen LogP contribution in [0.4, 0.5) is 0 Å². The molecule has 4 heteroatoms. The number of carbonyl (C=O) groups is 1. The number of nitrogens with two attached hydrogens (primary N) is 1. The van der Waals surface area contributed by atoms with Gasteiger partial charge in [-0.05, 0) is 25.3 Å². The summed E-state index contributed by atoms with van der Waals surface area (Å²) in [5, 5.41) is 1.12. The molecule has 2 atom stereocenters. The number of benzene rings is 1. The summed E-state index contributed by atoms with van der Waals surface area (Å²) < 4.78 is 5.93. The van der Waals surface area contributed by atoms with Crippen LogP contribution >= 0.6 is 0 Å². The monoisotopic (exact) mass is 314 g/mol. The predicted molar refractivity (Wildman–Crippen MR) is 92.0 cm³/mol. The lowest BCUT2D eigenvalue weighted by Crippen LogP contribution is -2.38. The first-order chi connectivity index (χ1) is 11.1. The van der Waals surface area contributed by atoms with Crippen molar-refractivity contribution >= 4 is 16.9 Å². The van der Waals surface area contributed by atoms with E-state index in [0.29, 0.717) is 6.54 Å². The van der Waals surface area contributed by atoms with E-state index in [2.05, 4.69) is 13.0 Å². The fraction of sp³-hybridized carbons (Fsp3) is 0.526. The molecular weight excluding hydrogens is 288 g/mol. The Morgan fingerprint density at radius 2 is 2.13 bits per heavy atom. The van der Waals surface area contributed by atoms with Gasteiger partial charge in [-0.2, -0.15) is 0 Å². The van der Waals surface area contributed by atoms with Crippen molar-refractivity contribution in [3.05, 3.63) is 35.6 Å². The number of carbonyl (C=O) groups excluding carboxylic acids is 1. The Kier molecular flexibility index (Phi) is 4.71. The van der Waals surface area contributed by atoms with Gasteiger partial charge in [-0.15, -0.1) is 0 Å².